The lowest BCUT2D eigenvalue weighted by atomic mass is 10.00. The largest absolute Gasteiger partial charge is 0.459 e. The Bertz CT molecular complexity index is 1320. The van der Waals surface area contributed by atoms with E-state index in [2.05, 4.69) is 21.3 Å². The summed E-state index contributed by atoms with van der Waals surface area (Å²) in [5, 5.41) is 19.4. The van der Waals surface area contributed by atoms with Gasteiger partial charge in [0.25, 0.3) is 0 Å². The van der Waals surface area contributed by atoms with E-state index in [-0.39, 0.29) is 25.9 Å². The zero-order valence-electron chi connectivity index (χ0n) is 26.2. The summed E-state index contributed by atoms with van der Waals surface area (Å²) in [4.78, 5) is 76.5. The summed E-state index contributed by atoms with van der Waals surface area (Å²) >= 11 is 0. The number of carbonyl (C=O) groups is 6. The smallest absolute Gasteiger partial charge is 0.328 e. The first-order chi connectivity index (χ1) is 21.8. The van der Waals surface area contributed by atoms with Gasteiger partial charge in [0.05, 0.1) is 6.61 Å². The number of hydrogen-bond donors (Lipinski definition) is 7. The highest BCUT2D eigenvalue weighted by Crippen LogP contribution is 2.09. The number of nitrogens with one attached hydrogen (secondary N) is 4. The van der Waals surface area contributed by atoms with E-state index in [1.165, 1.54) is 6.92 Å². The van der Waals surface area contributed by atoms with Gasteiger partial charge in [-0.3, -0.25) is 24.0 Å². The van der Waals surface area contributed by atoms with Crippen molar-refractivity contribution in [2.24, 2.45) is 17.4 Å². The zero-order chi connectivity index (χ0) is 34.2. The normalized spacial score (nSPS) is 14.1. The van der Waals surface area contributed by atoms with Crippen molar-refractivity contribution in [2.45, 2.75) is 76.8 Å². The molecule has 0 heterocycles. The number of amides is 5. The van der Waals surface area contributed by atoms with Crippen LogP contribution in [0.5, 0.6) is 0 Å². The average Bonchev–Trinajstić information content (AvgIpc) is 3.03. The Kier molecular flexibility index (Phi) is 15.3. The van der Waals surface area contributed by atoms with Crippen molar-refractivity contribution in [1.82, 2.24) is 21.3 Å². The molecule has 0 saturated heterocycles. The molecule has 0 aliphatic carbocycles. The maximum absolute atomic E-state index is 13.6. The van der Waals surface area contributed by atoms with Crippen molar-refractivity contribution in [1.29, 1.82) is 0 Å². The number of nitrogens with two attached hydrogens (primary N) is 2. The number of primary amides is 1. The lowest BCUT2D eigenvalue weighted by Crippen LogP contribution is -2.60. The minimum Gasteiger partial charge on any atom is -0.459 e. The van der Waals surface area contributed by atoms with Gasteiger partial charge < -0.3 is 42.6 Å². The topological polar surface area (TPSA) is 232 Å². The van der Waals surface area contributed by atoms with Crippen LogP contribution in [0, 0.1) is 5.92 Å². The van der Waals surface area contributed by atoms with Crippen LogP contribution in [0.3, 0.4) is 0 Å². The van der Waals surface area contributed by atoms with Gasteiger partial charge in [-0.2, -0.15) is 0 Å². The lowest BCUT2D eigenvalue weighted by molar-refractivity contribution is -0.148. The first-order valence-electron chi connectivity index (χ1n) is 14.9. The summed E-state index contributed by atoms with van der Waals surface area (Å²) in [5.74, 6) is -4.86. The van der Waals surface area contributed by atoms with Crippen LogP contribution in [-0.2, 0) is 46.5 Å². The molecule has 2 aromatic rings. The zero-order valence-corrected chi connectivity index (χ0v) is 26.2. The number of benzene rings is 2. The molecule has 0 bridgehead atoms. The van der Waals surface area contributed by atoms with Gasteiger partial charge >= 0.3 is 5.97 Å². The van der Waals surface area contributed by atoms with E-state index in [0.717, 1.165) is 11.1 Å². The van der Waals surface area contributed by atoms with Crippen LogP contribution in [0.15, 0.2) is 60.7 Å². The van der Waals surface area contributed by atoms with Gasteiger partial charge in [-0.25, -0.2) is 4.79 Å². The first-order valence-corrected chi connectivity index (χ1v) is 14.9. The molecule has 0 aliphatic heterocycles. The summed E-state index contributed by atoms with van der Waals surface area (Å²) in [5.41, 5.74) is 12.3. The molecule has 0 unspecified atom stereocenters. The van der Waals surface area contributed by atoms with E-state index in [4.69, 9.17) is 16.2 Å². The summed E-state index contributed by atoms with van der Waals surface area (Å²) in [6.45, 7) is 4.14. The fourth-order valence-electron chi connectivity index (χ4n) is 4.25. The summed E-state index contributed by atoms with van der Waals surface area (Å²) in [6.07, 6.45) is -0.370. The molecule has 2 rings (SSSR count). The minimum absolute atomic E-state index is 0.0205. The summed E-state index contributed by atoms with van der Waals surface area (Å²) in [6, 6.07) is 12.0. The third-order valence-corrected chi connectivity index (χ3v) is 6.94. The number of aliphatic hydroxyl groups is 1. The van der Waals surface area contributed by atoms with E-state index in [0.29, 0.717) is 0 Å². The second-order valence-corrected chi connectivity index (χ2v) is 11.2. The molecule has 0 aliphatic rings. The summed E-state index contributed by atoms with van der Waals surface area (Å²) < 4.78 is 5.32. The molecule has 9 N–H and O–H groups in total. The predicted octanol–water partition coefficient (Wildman–Crippen LogP) is -0.827. The Morgan fingerprint density at radius 2 is 1.28 bits per heavy atom. The Morgan fingerprint density at radius 3 is 1.83 bits per heavy atom. The monoisotopic (exact) mass is 640 g/mol. The highest BCUT2D eigenvalue weighted by atomic mass is 16.5. The Hall–Kier alpha value is -4.82. The molecular weight excluding hydrogens is 596 g/mol. The molecule has 0 spiro atoms. The number of aliphatic hydroxyl groups excluding tert-OH is 1. The highest BCUT2D eigenvalue weighted by Gasteiger charge is 2.33. The fourth-order valence-corrected chi connectivity index (χ4v) is 4.25. The highest BCUT2D eigenvalue weighted by molar-refractivity contribution is 5.96. The third kappa shape index (κ3) is 12.7. The van der Waals surface area contributed by atoms with Gasteiger partial charge in [0.1, 0.15) is 36.8 Å². The van der Waals surface area contributed by atoms with Crippen LogP contribution in [0.2, 0.25) is 0 Å². The molecule has 46 heavy (non-hydrogen) atoms. The molecule has 0 fully saturated rings. The van der Waals surface area contributed by atoms with E-state index in [1.807, 2.05) is 18.2 Å². The van der Waals surface area contributed by atoms with Gasteiger partial charge in [-0.1, -0.05) is 74.5 Å². The van der Waals surface area contributed by atoms with Crippen LogP contribution in [0.4, 0.5) is 0 Å². The molecule has 14 heteroatoms. The van der Waals surface area contributed by atoms with Crippen molar-refractivity contribution in [2.75, 3.05) is 6.61 Å². The molecule has 14 nitrogen and oxygen atoms in total. The van der Waals surface area contributed by atoms with E-state index < -0.39 is 78.2 Å². The second kappa shape index (κ2) is 18.9. The van der Waals surface area contributed by atoms with Crippen molar-refractivity contribution >= 4 is 35.5 Å². The second-order valence-electron chi connectivity index (χ2n) is 11.2. The number of carbonyl (C=O) groups excluding carboxylic acids is 6. The SMILES string of the molecule is CC(C)[C@H](NC(=O)[C@H](CCC(N)=O)NC(=O)[C@@H](N)CO)C(=O)N[C@@H](Cc1ccccc1)C(=O)N[C@@H](C)C(=O)OCc1ccccc1. The van der Waals surface area contributed by atoms with Gasteiger partial charge in [-0.15, -0.1) is 0 Å². The van der Waals surface area contributed by atoms with E-state index in [9.17, 15) is 33.9 Å². The lowest BCUT2D eigenvalue weighted by Gasteiger charge is -2.28. The molecule has 5 atom stereocenters. The molecule has 250 valence electrons. The first kappa shape index (κ1) is 37.4. The predicted molar refractivity (Wildman–Crippen MR) is 168 cm³/mol. The maximum atomic E-state index is 13.6. The van der Waals surface area contributed by atoms with Crippen LogP contribution in [-0.4, -0.2) is 77.4 Å². The van der Waals surface area contributed by atoms with E-state index in [1.54, 1.807) is 56.3 Å². The minimum atomic E-state index is -1.32. The van der Waals surface area contributed by atoms with Crippen molar-refractivity contribution in [3.63, 3.8) is 0 Å². The molecule has 0 saturated carbocycles. The van der Waals surface area contributed by atoms with Crippen LogP contribution >= 0.6 is 0 Å². The van der Waals surface area contributed by atoms with Gasteiger partial charge in [0, 0.05) is 12.8 Å². The number of rotatable bonds is 18. The van der Waals surface area contributed by atoms with Gasteiger partial charge in [-0.05, 0) is 30.4 Å². The van der Waals surface area contributed by atoms with Gasteiger partial charge in [0.2, 0.25) is 29.5 Å². The molecular formula is C32H44N6O8. The van der Waals surface area contributed by atoms with Crippen molar-refractivity contribution in [3.05, 3.63) is 71.8 Å². The number of esters is 1. The van der Waals surface area contributed by atoms with Gasteiger partial charge in [0.15, 0.2) is 0 Å². The van der Waals surface area contributed by atoms with E-state index >= 15 is 0 Å². The van der Waals surface area contributed by atoms with Crippen molar-refractivity contribution in [3.8, 4) is 0 Å². The Balaban J connectivity index is 2.18. The summed E-state index contributed by atoms with van der Waals surface area (Å²) in [7, 11) is 0. The molecule has 0 radical (unpaired) electrons. The van der Waals surface area contributed by atoms with Crippen LogP contribution in [0.1, 0.15) is 44.7 Å². The fraction of sp³-hybridized carbons (Fsp3) is 0.438. The number of hydrogen-bond acceptors (Lipinski definition) is 9. The maximum Gasteiger partial charge on any atom is 0.328 e. The molecule has 5 amide bonds. The third-order valence-electron chi connectivity index (χ3n) is 6.94. The average molecular weight is 641 g/mol. The Morgan fingerprint density at radius 1 is 0.739 bits per heavy atom. The quantitative estimate of drug-likeness (QED) is 0.101. The van der Waals surface area contributed by atoms with Crippen molar-refractivity contribution < 1.29 is 38.6 Å². The number of ether oxygens (including phenoxy) is 1. The Labute approximate surface area is 268 Å². The standard InChI is InChI=1S/C32H44N6O8/c1-19(2)27(38-29(42)24(14-15-26(34)40)36-28(41)23(33)17-39)31(44)37-25(16-21-10-6-4-7-11-21)30(43)35-20(3)32(45)46-18-22-12-8-5-9-13-22/h4-13,19-20,23-25,27,39H,14-18,33H2,1-3H3,(H2,34,40)(H,35,43)(H,36,41)(H,37,44)(H,38,42)/t20-,23-,24-,25-,27-/m0/s1. The molecule has 2 aromatic carbocycles. The van der Waals surface area contributed by atoms with Crippen LogP contribution in [0.25, 0.3) is 0 Å². The van der Waals surface area contributed by atoms with Crippen LogP contribution < -0.4 is 32.7 Å². The molecule has 0 aromatic heterocycles.